The van der Waals surface area contributed by atoms with Crippen molar-refractivity contribution in [1.29, 1.82) is 0 Å². The van der Waals surface area contributed by atoms with Gasteiger partial charge in [0.25, 0.3) is 0 Å². The highest BCUT2D eigenvalue weighted by atomic mass is 19.1. The summed E-state index contributed by atoms with van der Waals surface area (Å²) in [4.78, 5) is 0. The summed E-state index contributed by atoms with van der Waals surface area (Å²) in [6, 6.07) is 12.4. The summed E-state index contributed by atoms with van der Waals surface area (Å²) in [7, 11) is 0. The molecule has 0 aliphatic carbocycles. The molecule has 0 saturated heterocycles. The smallest absolute Gasteiger partial charge is 0.148 e. The van der Waals surface area contributed by atoms with Crippen LogP contribution in [0.1, 0.15) is 17.0 Å². The summed E-state index contributed by atoms with van der Waals surface area (Å²) >= 11 is 0. The zero-order chi connectivity index (χ0) is 15.5. The number of halogens is 2. The minimum absolute atomic E-state index is 0.199. The zero-order valence-electron chi connectivity index (χ0n) is 11.7. The first-order valence-electron chi connectivity index (χ1n) is 6.82. The lowest BCUT2D eigenvalue weighted by molar-refractivity contribution is 0.603. The molecule has 0 amide bonds. The molecule has 6 heteroatoms. The number of aromatic nitrogens is 3. The summed E-state index contributed by atoms with van der Waals surface area (Å²) in [5.74, 6) is -0.695. The van der Waals surface area contributed by atoms with Crippen LogP contribution >= 0.6 is 0 Å². The highest BCUT2D eigenvalue weighted by Crippen LogP contribution is 2.19. The van der Waals surface area contributed by atoms with Crippen LogP contribution in [0.4, 0.5) is 8.78 Å². The van der Waals surface area contributed by atoms with Crippen LogP contribution < -0.4 is 5.73 Å². The fourth-order valence-corrected chi connectivity index (χ4v) is 2.28. The number of rotatable bonds is 4. The van der Waals surface area contributed by atoms with Crippen LogP contribution in [0.2, 0.25) is 0 Å². The Hall–Kier alpha value is -2.60. The summed E-state index contributed by atoms with van der Waals surface area (Å²) in [6.45, 7) is 0.199. The van der Waals surface area contributed by atoms with Crippen LogP contribution in [-0.4, -0.2) is 15.0 Å². The van der Waals surface area contributed by atoms with Gasteiger partial charge in [0.05, 0.1) is 5.69 Å². The minimum atomic E-state index is -0.392. The molecule has 2 aromatic carbocycles. The van der Waals surface area contributed by atoms with Gasteiger partial charge in [0.1, 0.15) is 23.0 Å². The molecule has 1 aromatic heterocycles. The van der Waals surface area contributed by atoms with Gasteiger partial charge < -0.3 is 5.73 Å². The van der Waals surface area contributed by atoms with Gasteiger partial charge in [-0.25, -0.2) is 13.5 Å². The number of benzene rings is 2. The van der Waals surface area contributed by atoms with E-state index in [2.05, 4.69) is 10.3 Å². The third-order valence-corrected chi connectivity index (χ3v) is 3.40. The Morgan fingerprint density at radius 2 is 1.73 bits per heavy atom. The molecule has 0 spiro atoms. The molecule has 0 unspecified atom stereocenters. The van der Waals surface area contributed by atoms with Crippen LogP contribution in [0.5, 0.6) is 0 Å². The average Bonchev–Trinajstić information content (AvgIpc) is 2.92. The predicted octanol–water partition coefficient (Wildman–Crippen LogP) is 2.59. The van der Waals surface area contributed by atoms with Crippen LogP contribution in [0.15, 0.2) is 48.5 Å². The summed E-state index contributed by atoms with van der Waals surface area (Å²) in [5, 5.41) is 8.02. The molecule has 1 heterocycles. The van der Waals surface area contributed by atoms with Crippen LogP contribution in [0.25, 0.3) is 5.69 Å². The van der Waals surface area contributed by atoms with E-state index in [9.17, 15) is 8.78 Å². The van der Waals surface area contributed by atoms with Crippen molar-refractivity contribution >= 4 is 0 Å². The van der Waals surface area contributed by atoms with Gasteiger partial charge in [-0.1, -0.05) is 29.5 Å². The first-order valence-corrected chi connectivity index (χ1v) is 6.82. The Kier molecular flexibility index (Phi) is 3.93. The van der Waals surface area contributed by atoms with E-state index in [1.165, 1.54) is 22.9 Å². The molecular formula is C16H14F2N4. The normalized spacial score (nSPS) is 10.9. The molecule has 0 aliphatic heterocycles. The lowest BCUT2D eigenvalue weighted by Crippen LogP contribution is -2.08. The molecule has 4 nitrogen and oxygen atoms in total. The molecule has 3 aromatic rings. The summed E-state index contributed by atoms with van der Waals surface area (Å²) in [5.41, 5.74) is 8.16. The van der Waals surface area contributed by atoms with E-state index >= 15 is 0 Å². The van der Waals surface area contributed by atoms with E-state index in [1.807, 2.05) is 0 Å². The summed E-state index contributed by atoms with van der Waals surface area (Å²) in [6.07, 6.45) is 0.439. The van der Waals surface area contributed by atoms with E-state index in [4.69, 9.17) is 5.73 Å². The molecule has 0 bridgehead atoms. The van der Waals surface area contributed by atoms with Gasteiger partial charge in [-0.3, -0.25) is 0 Å². The van der Waals surface area contributed by atoms with Crippen molar-refractivity contribution < 1.29 is 8.78 Å². The number of para-hydroxylation sites is 1. The first kappa shape index (κ1) is 14.3. The molecule has 0 aliphatic rings. The Morgan fingerprint density at radius 1 is 1.00 bits per heavy atom. The standard InChI is InChI=1S/C16H14F2N4/c17-12-7-5-11(6-8-12)9-16-14(10-19)20-21-22(16)15-4-2-1-3-13(15)18/h1-8H,9-10,19H2. The molecule has 0 fully saturated rings. The van der Waals surface area contributed by atoms with Crippen molar-refractivity contribution in [3.8, 4) is 5.69 Å². The molecule has 2 N–H and O–H groups in total. The molecule has 3 rings (SSSR count). The van der Waals surface area contributed by atoms with Gasteiger partial charge in [-0.05, 0) is 29.8 Å². The third kappa shape index (κ3) is 2.73. The highest BCUT2D eigenvalue weighted by molar-refractivity contribution is 5.36. The average molecular weight is 300 g/mol. The molecule has 22 heavy (non-hydrogen) atoms. The fourth-order valence-electron chi connectivity index (χ4n) is 2.28. The number of nitrogens with zero attached hydrogens (tertiary/aromatic N) is 3. The van der Waals surface area contributed by atoms with Crippen molar-refractivity contribution in [1.82, 2.24) is 15.0 Å². The lowest BCUT2D eigenvalue weighted by Gasteiger charge is -2.09. The monoisotopic (exact) mass is 300 g/mol. The van der Waals surface area contributed by atoms with Crippen LogP contribution in [0.3, 0.4) is 0 Å². The van der Waals surface area contributed by atoms with Crippen molar-refractivity contribution in [2.75, 3.05) is 0 Å². The van der Waals surface area contributed by atoms with Crippen molar-refractivity contribution in [2.45, 2.75) is 13.0 Å². The Labute approximate surface area is 126 Å². The highest BCUT2D eigenvalue weighted by Gasteiger charge is 2.16. The Balaban J connectivity index is 2.04. The molecule has 0 atom stereocenters. The maximum absolute atomic E-state index is 14.0. The van der Waals surface area contributed by atoms with Gasteiger partial charge in [0, 0.05) is 13.0 Å². The van der Waals surface area contributed by atoms with Crippen molar-refractivity contribution in [2.24, 2.45) is 5.73 Å². The van der Waals surface area contributed by atoms with Crippen molar-refractivity contribution in [3.05, 3.63) is 77.1 Å². The SMILES string of the molecule is NCc1nnn(-c2ccccc2F)c1Cc1ccc(F)cc1. The second-order valence-electron chi connectivity index (χ2n) is 4.85. The van der Waals surface area contributed by atoms with E-state index in [0.717, 1.165) is 5.56 Å². The molecule has 0 saturated carbocycles. The maximum Gasteiger partial charge on any atom is 0.148 e. The number of hydrogen-bond donors (Lipinski definition) is 1. The largest absolute Gasteiger partial charge is 0.325 e. The van der Waals surface area contributed by atoms with E-state index in [0.29, 0.717) is 23.5 Å². The van der Waals surface area contributed by atoms with Gasteiger partial charge in [-0.2, -0.15) is 0 Å². The van der Waals surface area contributed by atoms with Gasteiger partial charge in [0.2, 0.25) is 0 Å². The minimum Gasteiger partial charge on any atom is -0.325 e. The maximum atomic E-state index is 14.0. The first-order chi connectivity index (χ1) is 10.7. The molecule has 112 valence electrons. The number of hydrogen-bond acceptors (Lipinski definition) is 3. The third-order valence-electron chi connectivity index (χ3n) is 3.40. The van der Waals surface area contributed by atoms with Crippen LogP contribution in [0, 0.1) is 11.6 Å². The van der Waals surface area contributed by atoms with Crippen molar-refractivity contribution in [3.63, 3.8) is 0 Å². The van der Waals surface area contributed by atoms with E-state index in [-0.39, 0.29) is 12.4 Å². The Morgan fingerprint density at radius 3 is 2.41 bits per heavy atom. The zero-order valence-corrected chi connectivity index (χ0v) is 11.7. The van der Waals surface area contributed by atoms with Gasteiger partial charge in [-0.15, -0.1) is 5.10 Å². The van der Waals surface area contributed by atoms with Crippen LogP contribution in [-0.2, 0) is 13.0 Å². The summed E-state index contributed by atoms with van der Waals surface area (Å²) < 4.78 is 28.4. The van der Waals surface area contributed by atoms with E-state index < -0.39 is 5.82 Å². The van der Waals surface area contributed by atoms with E-state index in [1.54, 1.807) is 30.3 Å². The Bertz CT molecular complexity index is 781. The second-order valence-corrected chi connectivity index (χ2v) is 4.85. The molecule has 0 radical (unpaired) electrons. The molecular weight excluding hydrogens is 286 g/mol. The quantitative estimate of drug-likeness (QED) is 0.805. The number of nitrogens with two attached hydrogens (primary N) is 1. The van der Waals surface area contributed by atoms with Gasteiger partial charge in [0.15, 0.2) is 0 Å². The topological polar surface area (TPSA) is 56.7 Å². The lowest BCUT2D eigenvalue weighted by atomic mass is 10.1. The fraction of sp³-hybridized carbons (Fsp3) is 0.125. The van der Waals surface area contributed by atoms with Gasteiger partial charge >= 0.3 is 0 Å². The second kappa shape index (κ2) is 6.03. The predicted molar refractivity (Wildman–Crippen MR) is 78.4 cm³/mol.